The molecule has 0 saturated heterocycles. The molecule has 0 bridgehead atoms. The summed E-state index contributed by atoms with van der Waals surface area (Å²) in [6.45, 7) is 0.237. The highest BCUT2D eigenvalue weighted by Gasteiger charge is 2.05. The molecule has 1 amide bonds. The molecule has 0 aliphatic carbocycles. The van der Waals surface area contributed by atoms with E-state index < -0.39 is 0 Å². The van der Waals surface area contributed by atoms with Crippen LogP contribution in [0.3, 0.4) is 0 Å². The Kier molecular flexibility index (Phi) is 3.78. The van der Waals surface area contributed by atoms with Crippen LogP contribution in [0.2, 0.25) is 0 Å². The van der Waals surface area contributed by atoms with Crippen LogP contribution in [0.1, 0.15) is 0 Å². The van der Waals surface area contributed by atoms with Gasteiger partial charge < -0.3 is 16.4 Å². The molecule has 1 aromatic carbocycles. The zero-order valence-corrected chi connectivity index (χ0v) is 10.2. The molecule has 1 aromatic heterocycles. The van der Waals surface area contributed by atoms with Crippen LogP contribution in [0, 0.1) is 12.3 Å². The second-order valence-corrected chi connectivity index (χ2v) is 3.78. The molecule has 0 fully saturated rings. The Balaban J connectivity index is 2.09. The highest BCUT2D eigenvalue weighted by molar-refractivity contribution is 5.89. The molecule has 0 saturated carbocycles. The van der Waals surface area contributed by atoms with Gasteiger partial charge in [0.25, 0.3) is 0 Å². The lowest BCUT2D eigenvalue weighted by atomic mass is 10.2. The van der Waals surface area contributed by atoms with E-state index in [0.717, 1.165) is 10.9 Å². The van der Waals surface area contributed by atoms with E-state index in [1.807, 2.05) is 24.3 Å². The Hall–Kier alpha value is -2.81. The van der Waals surface area contributed by atoms with Crippen molar-refractivity contribution in [3.63, 3.8) is 0 Å². The molecule has 0 spiro atoms. The van der Waals surface area contributed by atoms with Crippen molar-refractivity contribution in [2.45, 2.75) is 0 Å². The maximum Gasteiger partial charge on any atom is 0.240 e. The summed E-state index contributed by atoms with van der Waals surface area (Å²) in [4.78, 5) is 19.7. The Morgan fingerprint density at radius 1 is 1.37 bits per heavy atom. The van der Waals surface area contributed by atoms with E-state index in [4.69, 9.17) is 12.2 Å². The number of nitrogens with one attached hydrogen (secondary N) is 2. The number of nitrogens with zero attached hydrogens (tertiary/aromatic N) is 2. The van der Waals surface area contributed by atoms with Gasteiger partial charge in [0.2, 0.25) is 11.9 Å². The van der Waals surface area contributed by atoms with Crippen molar-refractivity contribution in [1.82, 2.24) is 15.3 Å². The predicted octanol–water partition coefficient (Wildman–Crippen LogP) is 0.373. The van der Waals surface area contributed by atoms with Gasteiger partial charge in [-0.25, -0.2) is 4.98 Å². The van der Waals surface area contributed by atoms with Crippen LogP contribution in [0.25, 0.3) is 10.9 Å². The van der Waals surface area contributed by atoms with Gasteiger partial charge >= 0.3 is 0 Å². The van der Waals surface area contributed by atoms with Crippen molar-refractivity contribution in [2.24, 2.45) is 0 Å². The van der Waals surface area contributed by atoms with Crippen molar-refractivity contribution >= 4 is 28.6 Å². The van der Waals surface area contributed by atoms with Crippen molar-refractivity contribution in [1.29, 1.82) is 0 Å². The number of carbonyl (C=O) groups excluding carboxylic acids is 1. The molecule has 0 aliphatic rings. The topological polar surface area (TPSA) is 92.9 Å². The van der Waals surface area contributed by atoms with Crippen LogP contribution in [-0.2, 0) is 4.79 Å². The maximum atomic E-state index is 11.4. The summed E-state index contributed by atoms with van der Waals surface area (Å²) >= 11 is 0. The van der Waals surface area contributed by atoms with Crippen molar-refractivity contribution in [3.8, 4) is 12.3 Å². The molecular formula is C13H13N5O. The average Bonchev–Trinajstić information content (AvgIpc) is 2.43. The van der Waals surface area contributed by atoms with Gasteiger partial charge in [-0.2, -0.15) is 4.98 Å². The largest absolute Gasteiger partial charge is 0.383 e. The number of rotatable bonds is 4. The van der Waals surface area contributed by atoms with E-state index >= 15 is 0 Å². The predicted molar refractivity (Wildman–Crippen MR) is 74.3 cm³/mol. The number of terminal acetylenes is 1. The lowest BCUT2D eigenvalue weighted by molar-refractivity contribution is -0.119. The van der Waals surface area contributed by atoms with Crippen LogP contribution in [-0.4, -0.2) is 29.0 Å². The second-order valence-electron chi connectivity index (χ2n) is 3.78. The first kappa shape index (κ1) is 12.6. The fraction of sp³-hybridized carbons (Fsp3) is 0.154. The number of anilines is 2. The number of para-hydroxylation sites is 1. The first-order valence-electron chi connectivity index (χ1n) is 5.67. The third kappa shape index (κ3) is 3.10. The molecule has 96 valence electrons. The highest BCUT2D eigenvalue weighted by atomic mass is 16.1. The zero-order valence-electron chi connectivity index (χ0n) is 10.2. The third-order valence-corrected chi connectivity index (χ3v) is 2.43. The molecular weight excluding hydrogens is 242 g/mol. The van der Waals surface area contributed by atoms with Crippen molar-refractivity contribution in [2.75, 3.05) is 24.1 Å². The van der Waals surface area contributed by atoms with Gasteiger partial charge in [0.15, 0.2) is 0 Å². The van der Waals surface area contributed by atoms with Gasteiger partial charge in [-0.1, -0.05) is 18.1 Å². The lowest BCUT2D eigenvalue weighted by Gasteiger charge is -2.07. The molecule has 1 heterocycles. The summed E-state index contributed by atoms with van der Waals surface area (Å²) in [6, 6.07) is 7.39. The van der Waals surface area contributed by atoms with Crippen LogP contribution in [0.5, 0.6) is 0 Å². The van der Waals surface area contributed by atoms with Gasteiger partial charge in [-0.15, -0.1) is 6.42 Å². The minimum atomic E-state index is -0.228. The van der Waals surface area contributed by atoms with E-state index in [0.29, 0.717) is 11.8 Å². The minimum absolute atomic E-state index is 0.0411. The van der Waals surface area contributed by atoms with Crippen LogP contribution in [0.4, 0.5) is 11.8 Å². The first-order chi connectivity index (χ1) is 9.20. The molecule has 0 radical (unpaired) electrons. The Morgan fingerprint density at radius 3 is 2.95 bits per heavy atom. The van der Waals surface area contributed by atoms with Crippen LogP contribution >= 0.6 is 0 Å². The van der Waals surface area contributed by atoms with E-state index in [1.165, 1.54) is 0 Å². The summed E-state index contributed by atoms with van der Waals surface area (Å²) in [6.07, 6.45) is 5.04. The van der Waals surface area contributed by atoms with Gasteiger partial charge in [0.05, 0.1) is 18.6 Å². The van der Waals surface area contributed by atoms with Crippen LogP contribution in [0.15, 0.2) is 24.3 Å². The van der Waals surface area contributed by atoms with Gasteiger partial charge in [0, 0.05) is 5.39 Å². The SMILES string of the molecule is C#CCNC(=O)CNc1nc(N)c2ccccc2n1. The number of benzene rings is 1. The van der Waals surface area contributed by atoms with Crippen LogP contribution < -0.4 is 16.4 Å². The number of hydrogen-bond acceptors (Lipinski definition) is 5. The maximum absolute atomic E-state index is 11.4. The van der Waals surface area contributed by atoms with Crippen molar-refractivity contribution in [3.05, 3.63) is 24.3 Å². The molecule has 6 heteroatoms. The van der Waals surface area contributed by atoms with E-state index in [9.17, 15) is 4.79 Å². The van der Waals surface area contributed by atoms with Crippen molar-refractivity contribution < 1.29 is 4.79 Å². The van der Waals surface area contributed by atoms with Gasteiger partial charge in [-0.05, 0) is 12.1 Å². The van der Waals surface area contributed by atoms with E-state index in [2.05, 4.69) is 26.5 Å². The molecule has 2 aromatic rings. The first-order valence-corrected chi connectivity index (χ1v) is 5.67. The summed E-state index contributed by atoms with van der Waals surface area (Å²) in [5, 5.41) is 6.12. The minimum Gasteiger partial charge on any atom is -0.383 e. The number of nitrogens with two attached hydrogens (primary N) is 1. The fourth-order valence-electron chi connectivity index (χ4n) is 1.55. The Morgan fingerprint density at radius 2 is 2.16 bits per heavy atom. The van der Waals surface area contributed by atoms with E-state index in [-0.39, 0.29) is 19.0 Å². The summed E-state index contributed by atoms with van der Waals surface area (Å²) in [5.41, 5.74) is 6.55. The monoisotopic (exact) mass is 255 g/mol. The second kappa shape index (κ2) is 5.69. The molecule has 19 heavy (non-hydrogen) atoms. The fourth-order valence-corrected chi connectivity index (χ4v) is 1.55. The molecule has 0 atom stereocenters. The number of aromatic nitrogens is 2. The standard InChI is InChI=1S/C13H13N5O/c1-2-7-15-11(19)8-16-13-17-10-6-4-3-5-9(10)12(14)18-13/h1,3-6H,7-8H2,(H,15,19)(H3,14,16,17,18). The Labute approximate surface area is 110 Å². The number of hydrogen-bond donors (Lipinski definition) is 3. The zero-order chi connectivity index (χ0) is 13.7. The average molecular weight is 255 g/mol. The third-order valence-electron chi connectivity index (χ3n) is 2.43. The number of amides is 1. The quantitative estimate of drug-likeness (QED) is 0.686. The summed E-state index contributed by atoms with van der Waals surface area (Å²) < 4.78 is 0. The molecule has 0 aliphatic heterocycles. The molecule has 4 N–H and O–H groups in total. The summed E-state index contributed by atoms with van der Waals surface area (Å²) in [5.74, 6) is 2.78. The normalized spacial score (nSPS) is 9.84. The highest BCUT2D eigenvalue weighted by Crippen LogP contribution is 2.18. The molecule has 0 unspecified atom stereocenters. The Bertz CT molecular complexity index is 647. The molecule has 6 nitrogen and oxygen atoms in total. The number of carbonyl (C=O) groups is 1. The lowest BCUT2D eigenvalue weighted by Crippen LogP contribution is -2.30. The van der Waals surface area contributed by atoms with E-state index in [1.54, 1.807) is 0 Å². The van der Waals surface area contributed by atoms with Gasteiger partial charge in [0.1, 0.15) is 5.82 Å². The van der Waals surface area contributed by atoms with Gasteiger partial charge in [-0.3, -0.25) is 4.79 Å². The smallest absolute Gasteiger partial charge is 0.240 e. The summed E-state index contributed by atoms with van der Waals surface area (Å²) in [7, 11) is 0. The molecule has 2 rings (SSSR count). The number of fused-ring (bicyclic) bond motifs is 1. The number of nitrogen functional groups attached to an aromatic ring is 1.